The fourth-order valence-electron chi connectivity index (χ4n) is 4.30. The highest BCUT2D eigenvalue weighted by Gasteiger charge is 2.30. The van der Waals surface area contributed by atoms with Crippen LogP contribution < -0.4 is 10.6 Å². The van der Waals surface area contributed by atoms with Crippen LogP contribution in [0.2, 0.25) is 0 Å². The molecular weight excluding hydrogens is 402 g/mol. The van der Waals surface area contributed by atoms with Crippen molar-refractivity contribution in [1.29, 1.82) is 0 Å². The van der Waals surface area contributed by atoms with Crippen LogP contribution in [0.15, 0.2) is 42.5 Å². The minimum absolute atomic E-state index is 0.111. The first kappa shape index (κ1) is 22.1. The third-order valence-corrected chi connectivity index (χ3v) is 6.40. The molecule has 0 bridgehead atoms. The van der Waals surface area contributed by atoms with E-state index in [2.05, 4.69) is 10.6 Å². The van der Waals surface area contributed by atoms with Gasteiger partial charge in [-0.15, -0.1) is 0 Å². The van der Waals surface area contributed by atoms with Gasteiger partial charge in [0.25, 0.3) is 11.8 Å². The lowest BCUT2D eigenvalue weighted by Gasteiger charge is -2.23. The summed E-state index contributed by atoms with van der Waals surface area (Å²) in [5, 5.41) is 6.93. The fraction of sp³-hybridized carbons (Fsp3) is 0.385. The van der Waals surface area contributed by atoms with Crippen LogP contribution in [0, 0.1) is 13.8 Å². The van der Waals surface area contributed by atoms with E-state index in [0.29, 0.717) is 30.0 Å². The molecule has 1 aromatic heterocycles. The second kappa shape index (κ2) is 8.79. The summed E-state index contributed by atoms with van der Waals surface area (Å²) in [5.74, 6) is -0.259. The number of rotatable bonds is 6. The van der Waals surface area contributed by atoms with E-state index in [1.807, 2.05) is 74.7 Å². The van der Waals surface area contributed by atoms with Gasteiger partial charge in [-0.05, 0) is 88.1 Å². The highest BCUT2D eigenvalue weighted by molar-refractivity contribution is 6.06. The molecule has 2 N–H and O–H groups in total. The van der Waals surface area contributed by atoms with Gasteiger partial charge in [0.15, 0.2) is 0 Å². The number of ether oxygens (including phenoxy) is 1. The number of amides is 2. The number of carbonyl (C=O) groups excluding carboxylic acids is 2. The Morgan fingerprint density at radius 2 is 1.88 bits per heavy atom. The minimum atomic E-state index is -0.287. The topological polar surface area (TPSA) is 72.4 Å². The van der Waals surface area contributed by atoms with Gasteiger partial charge in [0.05, 0.1) is 5.60 Å². The molecule has 6 heteroatoms. The predicted octanol–water partition coefficient (Wildman–Crippen LogP) is 4.83. The SMILES string of the molecule is CCn1c(C(=O)NC[C@@]2(C)CCCO2)cc2cc(NC(=O)c3ccc(C)c(C)c3)ccc21. The second-order valence-electron chi connectivity index (χ2n) is 8.89. The van der Waals surface area contributed by atoms with Crippen LogP contribution >= 0.6 is 0 Å². The summed E-state index contributed by atoms with van der Waals surface area (Å²) in [7, 11) is 0. The van der Waals surface area contributed by atoms with Crippen LogP contribution in [-0.4, -0.2) is 35.1 Å². The molecule has 2 aromatic carbocycles. The summed E-state index contributed by atoms with van der Waals surface area (Å²) >= 11 is 0. The number of benzene rings is 2. The molecule has 0 radical (unpaired) electrons. The van der Waals surface area contributed by atoms with Crippen molar-refractivity contribution in [3.05, 3.63) is 64.8 Å². The Labute approximate surface area is 188 Å². The maximum Gasteiger partial charge on any atom is 0.268 e. The zero-order valence-corrected chi connectivity index (χ0v) is 19.2. The molecule has 0 saturated carbocycles. The zero-order valence-electron chi connectivity index (χ0n) is 19.2. The number of hydrogen-bond donors (Lipinski definition) is 2. The van der Waals surface area contributed by atoms with Crippen molar-refractivity contribution in [1.82, 2.24) is 9.88 Å². The van der Waals surface area contributed by atoms with E-state index in [1.54, 1.807) is 0 Å². The number of anilines is 1. The number of nitrogens with one attached hydrogen (secondary N) is 2. The molecule has 1 aliphatic rings. The predicted molar refractivity (Wildman–Crippen MR) is 127 cm³/mol. The fourth-order valence-corrected chi connectivity index (χ4v) is 4.30. The van der Waals surface area contributed by atoms with Crippen molar-refractivity contribution in [3.8, 4) is 0 Å². The molecule has 0 spiro atoms. The van der Waals surface area contributed by atoms with Crippen molar-refractivity contribution in [2.75, 3.05) is 18.5 Å². The van der Waals surface area contributed by atoms with Crippen molar-refractivity contribution in [2.24, 2.45) is 0 Å². The second-order valence-corrected chi connectivity index (χ2v) is 8.89. The molecule has 0 unspecified atom stereocenters. The smallest absolute Gasteiger partial charge is 0.268 e. The third-order valence-electron chi connectivity index (χ3n) is 6.40. The normalized spacial score (nSPS) is 18.1. The van der Waals surface area contributed by atoms with Gasteiger partial charge in [-0.25, -0.2) is 0 Å². The van der Waals surface area contributed by atoms with E-state index in [-0.39, 0.29) is 17.4 Å². The van der Waals surface area contributed by atoms with E-state index in [4.69, 9.17) is 4.74 Å². The summed E-state index contributed by atoms with van der Waals surface area (Å²) < 4.78 is 7.78. The van der Waals surface area contributed by atoms with Crippen molar-refractivity contribution in [2.45, 2.75) is 52.7 Å². The van der Waals surface area contributed by atoms with Gasteiger partial charge in [-0.2, -0.15) is 0 Å². The minimum Gasteiger partial charge on any atom is -0.373 e. The quantitative estimate of drug-likeness (QED) is 0.585. The van der Waals surface area contributed by atoms with Gasteiger partial charge >= 0.3 is 0 Å². The molecule has 0 aliphatic carbocycles. The van der Waals surface area contributed by atoms with Gasteiger partial charge in [0.1, 0.15) is 5.69 Å². The summed E-state index contributed by atoms with van der Waals surface area (Å²) in [4.78, 5) is 25.6. The third kappa shape index (κ3) is 4.41. The summed E-state index contributed by atoms with van der Waals surface area (Å²) in [6.07, 6.45) is 1.98. The number of aromatic nitrogens is 1. The Hall–Kier alpha value is -3.12. The maximum absolute atomic E-state index is 12.9. The molecule has 6 nitrogen and oxygen atoms in total. The number of fused-ring (bicyclic) bond motifs is 1. The molecule has 168 valence electrons. The van der Waals surface area contributed by atoms with Gasteiger partial charge in [0.2, 0.25) is 0 Å². The van der Waals surface area contributed by atoms with Gasteiger partial charge in [-0.3, -0.25) is 9.59 Å². The molecule has 2 amide bonds. The zero-order chi connectivity index (χ0) is 22.9. The van der Waals surface area contributed by atoms with Gasteiger partial charge in [0, 0.05) is 41.9 Å². The summed E-state index contributed by atoms with van der Waals surface area (Å²) in [5.41, 5.74) is 4.86. The van der Waals surface area contributed by atoms with E-state index < -0.39 is 0 Å². The highest BCUT2D eigenvalue weighted by atomic mass is 16.5. The Bertz CT molecular complexity index is 1170. The lowest BCUT2D eigenvalue weighted by Crippen LogP contribution is -2.40. The van der Waals surface area contributed by atoms with E-state index in [9.17, 15) is 9.59 Å². The summed E-state index contributed by atoms with van der Waals surface area (Å²) in [6, 6.07) is 13.3. The molecule has 2 heterocycles. The number of carbonyl (C=O) groups is 2. The molecule has 1 atom stereocenters. The number of hydrogen-bond acceptors (Lipinski definition) is 3. The van der Waals surface area contributed by atoms with Crippen molar-refractivity contribution >= 4 is 28.4 Å². The highest BCUT2D eigenvalue weighted by Crippen LogP contribution is 2.26. The van der Waals surface area contributed by atoms with Crippen LogP contribution in [0.1, 0.15) is 58.7 Å². The maximum atomic E-state index is 12.9. The Kier molecular flexibility index (Phi) is 6.07. The average Bonchev–Trinajstić information content (AvgIpc) is 3.37. The first-order valence-corrected chi connectivity index (χ1v) is 11.2. The van der Waals surface area contributed by atoms with Crippen LogP contribution in [0.5, 0.6) is 0 Å². The monoisotopic (exact) mass is 433 g/mol. The van der Waals surface area contributed by atoms with E-state index in [1.165, 1.54) is 0 Å². The first-order chi connectivity index (χ1) is 15.3. The van der Waals surface area contributed by atoms with Gasteiger partial charge < -0.3 is 19.9 Å². The number of nitrogens with zero attached hydrogens (tertiary/aromatic N) is 1. The molecule has 4 rings (SSSR count). The molecule has 3 aromatic rings. The van der Waals surface area contributed by atoms with Crippen LogP contribution in [0.25, 0.3) is 10.9 Å². The average molecular weight is 434 g/mol. The van der Waals surface area contributed by atoms with E-state index in [0.717, 1.165) is 41.5 Å². The van der Waals surface area contributed by atoms with Crippen molar-refractivity contribution in [3.63, 3.8) is 0 Å². The molecule has 1 saturated heterocycles. The van der Waals surface area contributed by atoms with Crippen LogP contribution in [-0.2, 0) is 11.3 Å². The standard InChI is InChI=1S/C26H31N3O3/c1-5-29-22-10-9-21(28-24(30)19-8-7-17(2)18(3)13-19)14-20(22)15-23(29)25(31)27-16-26(4)11-6-12-32-26/h7-10,13-15H,5-6,11-12,16H2,1-4H3,(H,27,31)(H,28,30)/t26-/m1/s1. The molecule has 32 heavy (non-hydrogen) atoms. The molecular formula is C26H31N3O3. The Balaban J connectivity index is 1.54. The molecule has 1 aliphatic heterocycles. The number of aryl methyl sites for hydroxylation is 3. The lowest BCUT2D eigenvalue weighted by atomic mass is 10.0. The Morgan fingerprint density at radius 3 is 2.56 bits per heavy atom. The van der Waals surface area contributed by atoms with Crippen LogP contribution in [0.4, 0.5) is 5.69 Å². The largest absolute Gasteiger partial charge is 0.373 e. The van der Waals surface area contributed by atoms with Crippen LogP contribution in [0.3, 0.4) is 0 Å². The lowest BCUT2D eigenvalue weighted by molar-refractivity contribution is 0.0205. The molecule has 1 fully saturated rings. The summed E-state index contributed by atoms with van der Waals surface area (Å²) in [6.45, 7) is 10.0. The van der Waals surface area contributed by atoms with E-state index >= 15 is 0 Å². The van der Waals surface area contributed by atoms with Gasteiger partial charge in [-0.1, -0.05) is 6.07 Å². The first-order valence-electron chi connectivity index (χ1n) is 11.2. The Morgan fingerprint density at radius 1 is 1.06 bits per heavy atom. The van der Waals surface area contributed by atoms with Crippen molar-refractivity contribution < 1.29 is 14.3 Å².